The van der Waals surface area contributed by atoms with Crippen molar-refractivity contribution in [2.24, 2.45) is 0 Å². The number of hydrogen-bond acceptors (Lipinski definition) is 5. The maximum Gasteiger partial charge on any atom is 0.296 e. The third-order valence-corrected chi connectivity index (χ3v) is 6.57. The topological polar surface area (TPSA) is 81.2 Å². The highest BCUT2D eigenvalue weighted by Gasteiger charge is 2.66. The molecule has 0 aliphatic carbocycles. The van der Waals surface area contributed by atoms with Gasteiger partial charge in [0.2, 0.25) is 0 Å². The third-order valence-electron chi connectivity index (χ3n) is 6.57. The molecule has 0 bridgehead atoms. The van der Waals surface area contributed by atoms with Crippen molar-refractivity contribution >= 4 is 29.0 Å². The first-order valence-corrected chi connectivity index (χ1v) is 11.7. The minimum atomic E-state index is -1.68. The molecule has 1 unspecified atom stereocenters. The van der Waals surface area contributed by atoms with E-state index in [9.17, 15) is 19.5 Å². The molecule has 1 atom stereocenters. The van der Waals surface area contributed by atoms with E-state index in [2.05, 4.69) is 0 Å². The molecule has 0 aromatic heterocycles. The zero-order chi connectivity index (χ0) is 24.6. The van der Waals surface area contributed by atoms with E-state index in [1.807, 2.05) is 57.1 Å². The molecular formula is C27H31N3O4. The normalized spacial score (nSPS) is 21.3. The molecule has 4 rings (SSSR count). The van der Waals surface area contributed by atoms with Crippen LogP contribution in [-0.2, 0) is 19.9 Å². The van der Waals surface area contributed by atoms with Gasteiger partial charge < -0.3 is 19.8 Å². The molecule has 2 aliphatic rings. The Bertz CT molecular complexity index is 1170. The quantitative estimate of drug-likeness (QED) is 0.389. The number of nitrogens with zero attached hydrogens (tertiary/aromatic N) is 3. The zero-order valence-electron chi connectivity index (χ0n) is 20.2. The molecule has 1 N–H and O–H groups in total. The fraction of sp³-hybridized carbons (Fsp3) is 0.370. The van der Waals surface area contributed by atoms with Gasteiger partial charge in [-0.25, -0.2) is 0 Å². The van der Waals surface area contributed by atoms with Crippen LogP contribution in [0.5, 0.6) is 0 Å². The fourth-order valence-corrected chi connectivity index (χ4v) is 5.01. The number of benzene rings is 2. The molecule has 178 valence electrons. The first-order chi connectivity index (χ1) is 16.2. The van der Waals surface area contributed by atoms with Gasteiger partial charge in [0, 0.05) is 24.2 Å². The first kappa shape index (κ1) is 23.7. The summed E-state index contributed by atoms with van der Waals surface area (Å²) >= 11 is 0. The molecule has 1 fully saturated rings. The highest BCUT2D eigenvalue weighted by atomic mass is 16.3. The molecule has 2 heterocycles. The summed E-state index contributed by atoms with van der Waals surface area (Å²) in [6.45, 7) is 5.25. The van der Waals surface area contributed by atoms with E-state index in [0.717, 1.165) is 5.56 Å². The highest BCUT2D eigenvalue weighted by Crippen LogP contribution is 2.53. The third kappa shape index (κ3) is 3.51. The van der Waals surface area contributed by atoms with E-state index in [0.29, 0.717) is 42.7 Å². The van der Waals surface area contributed by atoms with Crippen LogP contribution < -0.4 is 4.90 Å². The number of aliphatic hydroxyl groups is 1. The van der Waals surface area contributed by atoms with Crippen LogP contribution in [0.1, 0.15) is 36.5 Å². The van der Waals surface area contributed by atoms with Gasteiger partial charge in [-0.15, -0.1) is 0 Å². The zero-order valence-corrected chi connectivity index (χ0v) is 20.2. The van der Waals surface area contributed by atoms with Crippen LogP contribution in [-0.4, -0.2) is 66.2 Å². The van der Waals surface area contributed by atoms with Crippen molar-refractivity contribution in [3.8, 4) is 0 Å². The fourth-order valence-electron chi connectivity index (χ4n) is 5.01. The summed E-state index contributed by atoms with van der Waals surface area (Å²) in [7, 11) is 3.86. The van der Waals surface area contributed by atoms with Crippen molar-refractivity contribution in [3.05, 3.63) is 70.8 Å². The second-order valence-corrected chi connectivity index (χ2v) is 9.22. The number of Topliss-reactive ketones (excluding diaryl/α,β-unsaturated/α-hetero) is 1. The number of aliphatic hydroxyl groups excluding tert-OH is 1. The molecule has 34 heavy (non-hydrogen) atoms. The molecule has 2 amide bonds. The van der Waals surface area contributed by atoms with Crippen molar-refractivity contribution in [1.82, 2.24) is 9.80 Å². The van der Waals surface area contributed by atoms with E-state index in [1.165, 1.54) is 4.90 Å². The molecule has 1 spiro atoms. The Morgan fingerprint density at radius 3 is 2.32 bits per heavy atom. The van der Waals surface area contributed by atoms with E-state index < -0.39 is 17.2 Å². The molecule has 0 radical (unpaired) electrons. The number of aryl methyl sites for hydroxylation is 1. The van der Waals surface area contributed by atoms with Crippen LogP contribution in [0.4, 0.5) is 5.69 Å². The molecular weight excluding hydrogens is 430 g/mol. The number of para-hydroxylation sites is 1. The van der Waals surface area contributed by atoms with Crippen LogP contribution >= 0.6 is 0 Å². The van der Waals surface area contributed by atoms with Gasteiger partial charge in [0.25, 0.3) is 17.6 Å². The summed E-state index contributed by atoms with van der Waals surface area (Å²) in [5, 5.41) is 11.4. The van der Waals surface area contributed by atoms with Gasteiger partial charge in [-0.05, 0) is 46.5 Å². The van der Waals surface area contributed by atoms with Gasteiger partial charge in [0.05, 0.1) is 11.3 Å². The Labute approximate surface area is 200 Å². The number of carbonyl (C=O) groups is 3. The number of rotatable bonds is 7. The van der Waals surface area contributed by atoms with Gasteiger partial charge in [0.15, 0.2) is 5.54 Å². The number of amides is 2. The predicted octanol–water partition coefficient (Wildman–Crippen LogP) is 3.28. The molecule has 2 aliphatic heterocycles. The largest absolute Gasteiger partial charge is 0.507 e. The van der Waals surface area contributed by atoms with E-state index >= 15 is 0 Å². The molecule has 2 aromatic rings. The molecule has 0 saturated carbocycles. The Hall–Kier alpha value is -3.45. The average Bonchev–Trinajstić information content (AvgIpc) is 3.18. The SMILES string of the molecule is CCCN1C(=O)C2(/C(=C(\O)c3ccc(C)cc3)C(=O)C(=O)N2CCCN(C)C)c2ccccc21. The molecule has 2 aromatic carbocycles. The van der Waals surface area contributed by atoms with Crippen LogP contribution in [0, 0.1) is 6.92 Å². The Balaban J connectivity index is 1.99. The van der Waals surface area contributed by atoms with Crippen LogP contribution in [0.2, 0.25) is 0 Å². The standard InChI is InChI=1S/C27H31N3O4/c1-5-15-29-21-10-7-6-9-20(21)27(26(29)34)22(23(31)19-13-11-18(2)12-14-19)24(32)25(33)30(27)17-8-16-28(3)4/h6-7,9-14,31H,5,8,15-17H2,1-4H3/b23-22-. The van der Waals surface area contributed by atoms with Crippen LogP contribution in [0.3, 0.4) is 0 Å². The lowest BCUT2D eigenvalue weighted by atomic mass is 9.81. The summed E-state index contributed by atoms with van der Waals surface area (Å²) < 4.78 is 0. The minimum Gasteiger partial charge on any atom is -0.507 e. The first-order valence-electron chi connectivity index (χ1n) is 11.7. The van der Waals surface area contributed by atoms with Crippen molar-refractivity contribution in [1.29, 1.82) is 0 Å². The maximum atomic E-state index is 14.2. The van der Waals surface area contributed by atoms with Gasteiger partial charge >= 0.3 is 0 Å². The average molecular weight is 462 g/mol. The van der Waals surface area contributed by atoms with E-state index in [-0.39, 0.29) is 23.8 Å². The number of carbonyl (C=O) groups excluding carboxylic acids is 3. The van der Waals surface area contributed by atoms with Gasteiger partial charge in [-0.2, -0.15) is 0 Å². The lowest BCUT2D eigenvalue weighted by molar-refractivity contribution is -0.143. The molecule has 7 nitrogen and oxygen atoms in total. The number of fused-ring (bicyclic) bond motifs is 2. The summed E-state index contributed by atoms with van der Waals surface area (Å²) in [5.74, 6) is -2.28. The van der Waals surface area contributed by atoms with Gasteiger partial charge in [-0.3, -0.25) is 14.4 Å². The molecule has 1 saturated heterocycles. The number of hydrogen-bond donors (Lipinski definition) is 1. The summed E-state index contributed by atoms with van der Waals surface area (Å²) in [5.41, 5.74) is 0.792. The maximum absolute atomic E-state index is 14.2. The monoisotopic (exact) mass is 461 g/mol. The lowest BCUT2D eigenvalue weighted by Gasteiger charge is -2.34. The number of anilines is 1. The Kier molecular flexibility index (Phi) is 6.32. The van der Waals surface area contributed by atoms with Crippen molar-refractivity contribution in [2.75, 3.05) is 38.6 Å². The second kappa shape index (κ2) is 9.06. The van der Waals surface area contributed by atoms with Gasteiger partial charge in [-0.1, -0.05) is 55.0 Å². The second-order valence-electron chi connectivity index (χ2n) is 9.22. The highest BCUT2D eigenvalue weighted by molar-refractivity contribution is 6.50. The number of ketones is 1. The Morgan fingerprint density at radius 1 is 1.00 bits per heavy atom. The minimum absolute atomic E-state index is 0.151. The van der Waals surface area contributed by atoms with Crippen molar-refractivity contribution in [3.63, 3.8) is 0 Å². The van der Waals surface area contributed by atoms with Crippen LogP contribution in [0.15, 0.2) is 54.1 Å². The number of likely N-dealkylation sites (tertiary alicyclic amines) is 1. The summed E-state index contributed by atoms with van der Waals surface area (Å²) in [6, 6.07) is 14.3. The Morgan fingerprint density at radius 2 is 1.68 bits per heavy atom. The molecule has 7 heteroatoms. The summed E-state index contributed by atoms with van der Waals surface area (Å²) in [6.07, 6.45) is 1.29. The van der Waals surface area contributed by atoms with Gasteiger partial charge in [0.1, 0.15) is 5.76 Å². The van der Waals surface area contributed by atoms with Crippen LogP contribution in [0.25, 0.3) is 5.76 Å². The van der Waals surface area contributed by atoms with Crippen molar-refractivity contribution in [2.45, 2.75) is 32.2 Å². The van der Waals surface area contributed by atoms with E-state index in [4.69, 9.17) is 0 Å². The van der Waals surface area contributed by atoms with Crippen molar-refractivity contribution < 1.29 is 19.5 Å². The predicted molar refractivity (Wildman–Crippen MR) is 131 cm³/mol. The summed E-state index contributed by atoms with van der Waals surface area (Å²) in [4.78, 5) is 46.1. The lowest BCUT2D eigenvalue weighted by Crippen LogP contribution is -2.52. The smallest absolute Gasteiger partial charge is 0.296 e. The van der Waals surface area contributed by atoms with E-state index in [1.54, 1.807) is 29.2 Å².